The van der Waals surface area contributed by atoms with Gasteiger partial charge in [-0.15, -0.1) is 0 Å². The van der Waals surface area contributed by atoms with Crippen molar-refractivity contribution in [1.82, 2.24) is 5.32 Å². The average Bonchev–Trinajstić information content (AvgIpc) is 2.18. The molecule has 0 saturated heterocycles. The molecule has 1 saturated carbocycles. The van der Waals surface area contributed by atoms with Gasteiger partial charge < -0.3 is 10.1 Å². The van der Waals surface area contributed by atoms with Crippen LogP contribution in [0.5, 0.6) is 0 Å². The predicted octanol–water partition coefficient (Wildman–Crippen LogP) is 2.50. The van der Waals surface area contributed by atoms with E-state index >= 15 is 0 Å². The van der Waals surface area contributed by atoms with Crippen LogP contribution in [0.2, 0.25) is 0 Å². The molecule has 0 aromatic heterocycles. The fraction of sp³-hybridized carbons (Fsp3) is 0.833. The Morgan fingerprint density at radius 1 is 1.36 bits per heavy atom. The molecule has 0 radical (unpaired) electrons. The van der Waals surface area contributed by atoms with Gasteiger partial charge in [-0.3, -0.25) is 0 Å². The van der Waals surface area contributed by atoms with Gasteiger partial charge >= 0.3 is 0 Å². The highest BCUT2D eigenvalue weighted by atomic mass is 16.5. The van der Waals surface area contributed by atoms with Gasteiger partial charge in [-0.05, 0) is 19.8 Å². The molecule has 0 atom stereocenters. The minimum atomic E-state index is 0.701. The Morgan fingerprint density at radius 2 is 2.07 bits per heavy atom. The Kier molecular flexibility index (Phi) is 5.88. The summed E-state index contributed by atoms with van der Waals surface area (Å²) in [7, 11) is 0. The SMILES string of the molecule is C=C(C)COCCNC1CCCCC1. The van der Waals surface area contributed by atoms with Crippen LogP contribution in [0.25, 0.3) is 0 Å². The van der Waals surface area contributed by atoms with Crippen molar-refractivity contribution in [1.29, 1.82) is 0 Å². The molecule has 14 heavy (non-hydrogen) atoms. The van der Waals surface area contributed by atoms with Crippen molar-refractivity contribution in [2.75, 3.05) is 19.8 Å². The Bertz CT molecular complexity index is 162. The zero-order valence-electron chi connectivity index (χ0n) is 9.35. The van der Waals surface area contributed by atoms with Crippen molar-refractivity contribution in [3.05, 3.63) is 12.2 Å². The molecule has 2 nitrogen and oxygen atoms in total. The van der Waals surface area contributed by atoms with Gasteiger partial charge in [0.2, 0.25) is 0 Å². The Hall–Kier alpha value is -0.340. The van der Waals surface area contributed by atoms with Gasteiger partial charge in [0.05, 0.1) is 13.2 Å². The first-order chi connectivity index (χ1) is 6.79. The zero-order chi connectivity index (χ0) is 10.2. The van der Waals surface area contributed by atoms with E-state index in [9.17, 15) is 0 Å². The van der Waals surface area contributed by atoms with Crippen molar-refractivity contribution in [3.8, 4) is 0 Å². The first kappa shape index (κ1) is 11.7. The van der Waals surface area contributed by atoms with Crippen LogP contribution in [0.15, 0.2) is 12.2 Å². The standard InChI is InChI=1S/C12H23NO/c1-11(2)10-14-9-8-13-12-6-4-3-5-7-12/h12-13H,1,3-10H2,2H3. The van der Waals surface area contributed by atoms with Crippen LogP contribution in [0.1, 0.15) is 39.0 Å². The summed E-state index contributed by atoms with van der Waals surface area (Å²) in [6, 6.07) is 0.747. The zero-order valence-corrected chi connectivity index (χ0v) is 9.35. The van der Waals surface area contributed by atoms with Gasteiger partial charge in [-0.1, -0.05) is 31.4 Å². The highest BCUT2D eigenvalue weighted by Gasteiger charge is 2.11. The molecule has 0 aliphatic heterocycles. The summed E-state index contributed by atoms with van der Waals surface area (Å²) in [6.45, 7) is 8.29. The summed E-state index contributed by atoms with van der Waals surface area (Å²) in [4.78, 5) is 0. The van der Waals surface area contributed by atoms with Crippen LogP contribution in [0, 0.1) is 0 Å². The monoisotopic (exact) mass is 197 g/mol. The van der Waals surface area contributed by atoms with E-state index in [0.29, 0.717) is 6.61 Å². The van der Waals surface area contributed by atoms with Gasteiger partial charge in [-0.2, -0.15) is 0 Å². The van der Waals surface area contributed by atoms with Crippen LogP contribution < -0.4 is 5.32 Å². The van der Waals surface area contributed by atoms with Crippen LogP contribution in [-0.2, 0) is 4.74 Å². The maximum Gasteiger partial charge on any atom is 0.0672 e. The molecule has 0 unspecified atom stereocenters. The molecule has 1 aliphatic rings. The van der Waals surface area contributed by atoms with Gasteiger partial charge in [0.15, 0.2) is 0 Å². The van der Waals surface area contributed by atoms with E-state index in [-0.39, 0.29) is 0 Å². The lowest BCUT2D eigenvalue weighted by Crippen LogP contribution is -2.33. The van der Waals surface area contributed by atoms with E-state index in [1.807, 2.05) is 6.92 Å². The first-order valence-corrected chi connectivity index (χ1v) is 5.74. The molecule has 1 aliphatic carbocycles. The third kappa shape index (κ3) is 5.40. The Balaban J connectivity index is 1.90. The highest BCUT2D eigenvalue weighted by Crippen LogP contribution is 2.16. The van der Waals surface area contributed by atoms with Crippen LogP contribution in [0.3, 0.4) is 0 Å². The topological polar surface area (TPSA) is 21.3 Å². The van der Waals surface area contributed by atoms with Crippen LogP contribution in [0.4, 0.5) is 0 Å². The van der Waals surface area contributed by atoms with Gasteiger partial charge in [0.25, 0.3) is 0 Å². The molecule has 0 aromatic carbocycles. The maximum atomic E-state index is 5.42. The van der Waals surface area contributed by atoms with Crippen molar-refractivity contribution in [3.63, 3.8) is 0 Å². The number of hydrogen-bond acceptors (Lipinski definition) is 2. The summed E-state index contributed by atoms with van der Waals surface area (Å²) in [5, 5.41) is 3.54. The molecular weight excluding hydrogens is 174 g/mol. The highest BCUT2D eigenvalue weighted by molar-refractivity contribution is 4.87. The molecule has 1 N–H and O–H groups in total. The molecule has 0 bridgehead atoms. The summed E-state index contributed by atoms with van der Waals surface area (Å²) in [6.07, 6.45) is 6.90. The fourth-order valence-electron chi connectivity index (χ4n) is 1.89. The molecule has 1 fully saturated rings. The predicted molar refractivity (Wildman–Crippen MR) is 60.5 cm³/mol. The van der Waals surface area contributed by atoms with Gasteiger partial charge in [-0.25, -0.2) is 0 Å². The van der Waals surface area contributed by atoms with Crippen molar-refractivity contribution in [2.45, 2.75) is 45.1 Å². The number of rotatable bonds is 6. The van der Waals surface area contributed by atoms with E-state index in [4.69, 9.17) is 4.74 Å². The largest absolute Gasteiger partial charge is 0.376 e. The second-order valence-corrected chi connectivity index (χ2v) is 4.30. The van der Waals surface area contributed by atoms with E-state index < -0.39 is 0 Å². The quantitative estimate of drug-likeness (QED) is 0.522. The lowest BCUT2D eigenvalue weighted by Gasteiger charge is -2.22. The third-order valence-electron chi connectivity index (χ3n) is 2.63. The minimum absolute atomic E-state index is 0.701. The molecule has 82 valence electrons. The van der Waals surface area contributed by atoms with Crippen molar-refractivity contribution < 1.29 is 4.74 Å². The second kappa shape index (κ2) is 7.02. The Morgan fingerprint density at radius 3 is 2.71 bits per heavy atom. The lowest BCUT2D eigenvalue weighted by molar-refractivity contribution is 0.153. The fourth-order valence-corrected chi connectivity index (χ4v) is 1.89. The van der Waals surface area contributed by atoms with Crippen LogP contribution in [-0.4, -0.2) is 25.8 Å². The molecule has 0 aromatic rings. The van der Waals surface area contributed by atoms with Gasteiger partial charge in [0.1, 0.15) is 0 Å². The molecule has 1 rings (SSSR count). The van der Waals surface area contributed by atoms with Crippen LogP contribution >= 0.6 is 0 Å². The molecule has 0 heterocycles. The average molecular weight is 197 g/mol. The number of nitrogens with one attached hydrogen (secondary N) is 1. The molecule has 0 spiro atoms. The lowest BCUT2D eigenvalue weighted by atomic mass is 9.96. The maximum absolute atomic E-state index is 5.42. The number of hydrogen-bond donors (Lipinski definition) is 1. The minimum Gasteiger partial charge on any atom is -0.376 e. The van der Waals surface area contributed by atoms with E-state index in [0.717, 1.165) is 24.8 Å². The smallest absolute Gasteiger partial charge is 0.0672 e. The molecular formula is C12H23NO. The summed E-state index contributed by atoms with van der Waals surface area (Å²) in [5.41, 5.74) is 1.10. The third-order valence-corrected chi connectivity index (χ3v) is 2.63. The first-order valence-electron chi connectivity index (χ1n) is 5.74. The van der Waals surface area contributed by atoms with Crippen molar-refractivity contribution >= 4 is 0 Å². The second-order valence-electron chi connectivity index (χ2n) is 4.30. The van der Waals surface area contributed by atoms with E-state index in [2.05, 4.69) is 11.9 Å². The summed E-state index contributed by atoms with van der Waals surface area (Å²) < 4.78 is 5.42. The van der Waals surface area contributed by atoms with E-state index in [1.165, 1.54) is 32.1 Å². The van der Waals surface area contributed by atoms with Gasteiger partial charge in [0, 0.05) is 12.6 Å². The number of ether oxygens (including phenoxy) is 1. The normalized spacial score (nSPS) is 18.4. The Labute approximate surface area is 87.7 Å². The van der Waals surface area contributed by atoms with E-state index in [1.54, 1.807) is 0 Å². The molecule has 0 amide bonds. The summed E-state index contributed by atoms with van der Waals surface area (Å²) >= 11 is 0. The van der Waals surface area contributed by atoms with Crippen molar-refractivity contribution in [2.24, 2.45) is 0 Å². The molecule has 2 heteroatoms. The summed E-state index contributed by atoms with van der Waals surface area (Å²) in [5.74, 6) is 0.